The zero-order chi connectivity index (χ0) is 24.1. The number of nitrogens with zero attached hydrogens (tertiary/aromatic N) is 1. The molecule has 0 heterocycles. The van der Waals surface area contributed by atoms with E-state index in [1.165, 1.54) is 0 Å². The molecule has 4 aliphatic carbocycles. The van der Waals surface area contributed by atoms with Gasteiger partial charge >= 0.3 is 10.4 Å². The van der Waals surface area contributed by atoms with E-state index in [4.69, 9.17) is 8.74 Å². The fourth-order valence-electron chi connectivity index (χ4n) is 7.68. The van der Waals surface area contributed by atoms with Gasteiger partial charge in [-0.1, -0.05) is 25.5 Å². The van der Waals surface area contributed by atoms with Crippen molar-refractivity contribution < 1.29 is 27.1 Å². The summed E-state index contributed by atoms with van der Waals surface area (Å²) >= 11 is 0. The van der Waals surface area contributed by atoms with Gasteiger partial charge in [-0.15, -0.1) is 0 Å². The summed E-state index contributed by atoms with van der Waals surface area (Å²) in [6, 6.07) is 0. The summed E-state index contributed by atoms with van der Waals surface area (Å²) in [6.45, 7) is 6.09. The second-order valence-electron chi connectivity index (χ2n) is 11.4. The summed E-state index contributed by atoms with van der Waals surface area (Å²) in [4.78, 5) is 14.2. The van der Waals surface area contributed by atoms with Crippen LogP contribution in [-0.2, 0) is 19.4 Å². The van der Waals surface area contributed by atoms with Crippen LogP contribution in [0.4, 0.5) is 0 Å². The Morgan fingerprint density at radius 1 is 1.19 bits per heavy atom. The van der Waals surface area contributed by atoms with Gasteiger partial charge in [-0.25, -0.2) is 4.18 Å². The highest BCUT2D eigenvalue weighted by molar-refractivity contribution is 7.80. The van der Waals surface area contributed by atoms with Crippen LogP contribution in [0.5, 0.6) is 0 Å². The molecule has 0 aromatic carbocycles. The molecule has 0 spiro atoms. The van der Waals surface area contributed by atoms with E-state index in [0.717, 1.165) is 31.3 Å². The van der Waals surface area contributed by atoms with Gasteiger partial charge in [0, 0.05) is 5.92 Å². The molecule has 3 fully saturated rings. The molecule has 4 aliphatic rings. The molecule has 0 aliphatic heterocycles. The number of ketones is 1. The number of aliphatic hydroxyl groups is 1. The van der Waals surface area contributed by atoms with Gasteiger partial charge in [0.2, 0.25) is 0 Å². The van der Waals surface area contributed by atoms with Gasteiger partial charge in [-0.3, -0.25) is 9.35 Å². The molecule has 0 bridgehead atoms. The third-order valence-corrected chi connectivity index (χ3v) is 9.25. The maximum absolute atomic E-state index is 12.2. The minimum Gasteiger partial charge on any atom is -0.393 e. The van der Waals surface area contributed by atoms with Gasteiger partial charge in [0.15, 0.2) is 0 Å². The fourth-order valence-corrected chi connectivity index (χ4v) is 8.19. The summed E-state index contributed by atoms with van der Waals surface area (Å²) in [6.07, 6.45) is 6.46. The zero-order valence-corrected chi connectivity index (χ0v) is 21.2. The van der Waals surface area contributed by atoms with E-state index in [1.54, 1.807) is 6.92 Å². The van der Waals surface area contributed by atoms with E-state index in [1.807, 2.05) is 26.0 Å². The number of carbonyl (C=O) groups excluding carboxylic acids is 1. The van der Waals surface area contributed by atoms with Crippen LogP contribution in [-0.4, -0.2) is 62.1 Å². The van der Waals surface area contributed by atoms with Gasteiger partial charge < -0.3 is 10.0 Å². The number of fused-ring (bicyclic) bond motifs is 5. The lowest BCUT2D eigenvalue weighted by atomic mass is 9.46. The first-order valence-electron chi connectivity index (χ1n) is 11.8. The third-order valence-electron chi connectivity index (χ3n) is 8.74. The molecule has 8 atom stereocenters. The average Bonchev–Trinajstić information content (AvgIpc) is 2.96. The van der Waals surface area contributed by atoms with Gasteiger partial charge in [0.1, 0.15) is 5.78 Å². The maximum Gasteiger partial charge on any atom is 0.397 e. The van der Waals surface area contributed by atoms with Crippen molar-refractivity contribution in [2.24, 2.45) is 34.5 Å². The normalized spacial score (nSPS) is 43.3. The van der Waals surface area contributed by atoms with Crippen molar-refractivity contribution in [1.29, 1.82) is 0 Å². The van der Waals surface area contributed by atoms with Crippen LogP contribution in [0.25, 0.3) is 0 Å². The molecule has 0 radical (unpaired) electrons. The Hall–Kier alpha value is -0.800. The van der Waals surface area contributed by atoms with Crippen LogP contribution in [0.15, 0.2) is 11.6 Å². The van der Waals surface area contributed by atoms with Crippen LogP contribution in [0.1, 0.15) is 65.7 Å². The van der Waals surface area contributed by atoms with Gasteiger partial charge in [-0.05, 0) is 102 Å². The van der Waals surface area contributed by atoms with Crippen LogP contribution in [0.3, 0.4) is 0 Å². The molecule has 0 unspecified atom stereocenters. The van der Waals surface area contributed by atoms with Crippen molar-refractivity contribution in [3.05, 3.63) is 11.6 Å². The second kappa shape index (κ2) is 9.10. The minimum absolute atomic E-state index is 0.0465. The number of aliphatic hydroxyl groups excluding tert-OH is 1. The topological polar surface area (TPSA) is 104 Å². The lowest BCUT2D eigenvalue weighted by Crippen LogP contribution is -2.56. The molecule has 7 nitrogen and oxygen atoms in total. The highest BCUT2D eigenvalue weighted by atomic mass is 32.3. The quantitative estimate of drug-likeness (QED) is 0.480. The minimum atomic E-state index is -4.46. The first kappa shape index (κ1) is 25.8. The highest BCUT2D eigenvalue weighted by Gasteiger charge is 2.62. The summed E-state index contributed by atoms with van der Waals surface area (Å²) in [5, 5.41) is 11.3. The summed E-state index contributed by atoms with van der Waals surface area (Å²) in [5.74, 6) is 1.21. The zero-order valence-electron chi connectivity index (χ0n) is 20.4. The molecule has 32 heavy (non-hydrogen) atoms. The van der Waals surface area contributed by atoms with Crippen molar-refractivity contribution >= 4 is 16.2 Å². The fraction of sp³-hybridized carbons (Fsp3) is 0.875. The molecular weight excluding hydrogens is 430 g/mol. The monoisotopic (exact) mass is 471 g/mol. The summed E-state index contributed by atoms with van der Waals surface area (Å²) < 4.78 is 36.1. The Bertz CT molecular complexity index is 852. The number of allylic oxidation sites excluding steroid dienone is 1. The summed E-state index contributed by atoms with van der Waals surface area (Å²) in [7, 11) is 1.54. The second-order valence-corrected chi connectivity index (χ2v) is 12.5. The molecule has 3 saturated carbocycles. The van der Waals surface area contributed by atoms with E-state index in [0.29, 0.717) is 31.1 Å². The Morgan fingerprint density at radius 3 is 2.38 bits per heavy atom. The molecule has 2 N–H and O–H groups in total. The maximum atomic E-state index is 12.2. The number of Topliss-reactive ketones (excluding diaryl/α,β-unsaturated/α-hetero) is 1. The molecule has 4 rings (SSSR count). The van der Waals surface area contributed by atoms with Crippen LogP contribution in [0.2, 0.25) is 0 Å². The van der Waals surface area contributed by atoms with Gasteiger partial charge in [-0.2, -0.15) is 8.42 Å². The van der Waals surface area contributed by atoms with E-state index < -0.39 is 22.6 Å². The van der Waals surface area contributed by atoms with Gasteiger partial charge in [0.05, 0.1) is 12.2 Å². The van der Waals surface area contributed by atoms with Crippen LogP contribution >= 0.6 is 0 Å². The molecule has 8 heteroatoms. The smallest absolute Gasteiger partial charge is 0.393 e. The molecule has 0 amide bonds. The number of carbonyl (C=O) groups is 1. The van der Waals surface area contributed by atoms with Crippen molar-refractivity contribution in [3.63, 3.8) is 0 Å². The Labute approximate surface area is 193 Å². The SMILES string of the molecule is CC(=O)[C@H]1CC[C@H]2[C@@H]3CC=C4C[C@@H](OS(=O)(=O)O)CC[C@]4(C)[C@H]3[C@@H](O)C[C@]12C.CN(C)C. The van der Waals surface area contributed by atoms with Crippen molar-refractivity contribution in [2.75, 3.05) is 21.1 Å². The standard InChI is InChI=1S/C21H32O6S.C3H9N/c1-12(22)16-6-7-17-15-5-4-13-10-14(27-28(24,25)26)8-9-20(13,2)19(15)18(23)11-21(16,17)3;1-4(2)3/h4,14-19,23H,5-11H2,1-3H3,(H,24,25,26);1-3H3/t14-,15-,16+,17-,18-,19+,20-,21+;/m0./s1. The van der Waals surface area contributed by atoms with Crippen molar-refractivity contribution in [3.8, 4) is 0 Å². The average molecular weight is 472 g/mol. The third kappa shape index (κ3) is 4.85. The number of hydrogen-bond acceptors (Lipinski definition) is 6. The van der Waals surface area contributed by atoms with Crippen LogP contribution in [0, 0.1) is 34.5 Å². The van der Waals surface area contributed by atoms with Crippen LogP contribution < -0.4 is 0 Å². The van der Waals surface area contributed by atoms with E-state index in [-0.39, 0.29) is 28.4 Å². The van der Waals surface area contributed by atoms with E-state index in [9.17, 15) is 18.3 Å². The predicted octanol–water partition coefficient (Wildman–Crippen LogP) is 3.49. The predicted molar refractivity (Wildman–Crippen MR) is 123 cm³/mol. The molecule has 0 aromatic heterocycles. The molecule has 0 saturated heterocycles. The van der Waals surface area contributed by atoms with Crippen molar-refractivity contribution in [2.45, 2.75) is 77.9 Å². The van der Waals surface area contributed by atoms with E-state index in [2.05, 4.69) is 19.9 Å². The first-order valence-corrected chi connectivity index (χ1v) is 13.2. The number of rotatable bonds is 3. The summed E-state index contributed by atoms with van der Waals surface area (Å²) in [5.41, 5.74) is 0.841. The highest BCUT2D eigenvalue weighted by Crippen LogP contribution is 2.66. The first-order chi connectivity index (χ1) is 14.7. The van der Waals surface area contributed by atoms with Gasteiger partial charge in [0.25, 0.3) is 0 Å². The Morgan fingerprint density at radius 2 is 1.81 bits per heavy atom. The Balaban J connectivity index is 0.000000668. The largest absolute Gasteiger partial charge is 0.397 e. The lowest BCUT2D eigenvalue weighted by molar-refractivity contribution is -0.140. The van der Waals surface area contributed by atoms with E-state index >= 15 is 0 Å². The number of hydrogen-bond donors (Lipinski definition) is 2. The molecular formula is C24H41NO6S. The Kier molecular flexibility index (Phi) is 7.34. The molecule has 184 valence electrons. The van der Waals surface area contributed by atoms with Crippen molar-refractivity contribution in [1.82, 2.24) is 4.90 Å². The lowest BCUT2D eigenvalue weighted by Gasteiger charge is -2.59. The molecule has 0 aromatic rings.